The number of alkyl halides is 6. The molecule has 0 radical (unpaired) electrons. The highest BCUT2D eigenvalue weighted by molar-refractivity contribution is 5.54. The van der Waals surface area contributed by atoms with Gasteiger partial charge in [0.15, 0.2) is 0 Å². The average molecular weight is 381 g/mol. The van der Waals surface area contributed by atoms with E-state index in [1.54, 1.807) is 24.3 Å². The Morgan fingerprint density at radius 1 is 0.885 bits per heavy atom. The van der Waals surface area contributed by atoms with Crippen LogP contribution in [0, 0.1) is 6.92 Å². The molecule has 0 amide bonds. The van der Waals surface area contributed by atoms with Gasteiger partial charge in [0.25, 0.3) is 6.10 Å². The van der Waals surface area contributed by atoms with Crippen LogP contribution >= 0.6 is 0 Å². The molecule has 0 bridgehead atoms. The second-order valence-electron chi connectivity index (χ2n) is 5.09. The van der Waals surface area contributed by atoms with Gasteiger partial charge in [-0.2, -0.15) is 41.3 Å². The molecule has 12 heteroatoms. The fourth-order valence-electron chi connectivity index (χ4n) is 1.77. The van der Waals surface area contributed by atoms with E-state index in [1.165, 1.54) is 7.05 Å². The molecular formula is C14H13F6N5O. The lowest BCUT2D eigenvalue weighted by molar-refractivity contribution is -0.301. The molecule has 0 atom stereocenters. The maximum atomic E-state index is 12.6. The third-order valence-electron chi connectivity index (χ3n) is 2.96. The fraction of sp³-hybridized carbons (Fsp3) is 0.357. The summed E-state index contributed by atoms with van der Waals surface area (Å²) < 4.78 is 79.7. The largest absolute Gasteiger partial charge is 0.440 e. The molecule has 2 rings (SSSR count). The molecule has 1 heterocycles. The number of anilines is 3. The van der Waals surface area contributed by atoms with Crippen LogP contribution in [0.15, 0.2) is 24.3 Å². The highest BCUT2D eigenvalue weighted by Gasteiger charge is 2.59. The molecule has 0 fully saturated rings. The Bertz CT molecular complexity index is 733. The lowest BCUT2D eigenvalue weighted by Gasteiger charge is -2.22. The minimum atomic E-state index is -5.69. The van der Waals surface area contributed by atoms with E-state index in [2.05, 4.69) is 30.3 Å². The molecule has 142 valence electrons. The minimum Gasteiger partial charge on any atom is -0.440 e. The van der Waals surface area contributed by atoms with E-state index in [9.17, 15) is 26.3 Å². The van der Waals surface area contributed by atoms with Crippen molar-refractivity contribution in [2.45, 2.75) is 25.4 Å². The number of hydrogen-bond donors (Lipinski definition) is 2. The van der Waals surface area contributed by atoms with E-state index in [0.717, 1.165) is 5.56 Å². The molecule has 0 aliphatic carbocycles. The number of halogens is 6. The second-order valence-corrected chi connectivity index (χ2v) is 5.09. The van der Waals surface area contributed by atoms with Crippen LogP contribution in [0.2, 0.25) is 0 Å². The Kier molecular flexibility index (Phi) is 5.42. The Balaban J connectivity index is 2.32. The predicted octanol–water partition coefficient (Wildman–Crippen LogP) is 3.84. The first kappa shape index (κ1) is 19.5. The third kappa shape index (κ3) is 5.10. The van der Waals surface area contributed by atoms with Gasteiger partial charge in [0.1, 0.15) is 0 Å². The number of hydrogen-bond acceptors (Lipinski definition) is 6. The summed E-state index contributed by atoms with van der Waals surface area (Å²) in [4.78, 5) is 10.7. The van der Waals surface area contributed by atoms with Gasteiger partial charge >= 0.3 is 18.4 Å². The van der Waals surface area contributed by atoms with Crippen molar-refractivity contribution in [3.8, 4) is 6.01 Å². The Morgan fingerprint density at radius 3 is 1.92 bits per heavy atom. The number of benzene rings is 1. The zero-order chi connectivity index (χ0) is 19.5. The first-order valence-corrected chi connectivity index (χ1v) is 7.06. The van der Waals surface area contributed by atoms with Crippen LogP contribution in [0.4, 0.5) is 43.9 Å². The quantitative estimate of drug-likeness (QED) is 0.767. The Hall–Kier alpha value is -2.79. The zero-order valence-corrected chi connectivity index (χ0v) is 13.4. The monoisotopic (exact) mass is 381 g/mol. The zero-order valence-electron chi connectivity index (χ0n) is 13.4. The second kappa shape index (κ2) is 7.22. The SMILES string of the molecule is CNc1nc(Nc2ccc(C)cc2)nc(OC(C(F)(F)F)C(F)(F)F)n1. The fourth-order valence-corrected chi connectivity index (χ4v) is 1.77. The van der Waals surface area contributed by atoms with Crippen molar-refractivity contribution in [1.82, 2.24) is 15.0 Å². The summed E-state index contributed by atoms with van der Waals surface area (Å²) >= 11 is 0. The molecule has 26 heavy (non-hydrogen) atoms. The molecule has 2 aromatic rings. The van der Waals surface area contributed by atoms with Gasteiger partial charge in [-0.25, -0.2) is 0 Å². The third-order valence-corrected chi connectivity index (χ3v) is 2.96. The first-order chi connectivity index (χ1) is 12.0. The summed E-state index contributed by atoms with van der Waals surface area (Å²) in [7, 11) is 1.33. The Labute approximate surface area is 143 Å². The molecule has 0 aliphatic heterocycles. The number of nitrogens with one attached hydrogen (secondary N) is 2. The van der Waals surface area contributed by atoms with Crippen molar-refractivity contribution in [2.24, 2.45) is 0 Å². The van der Waals surface area contributed by atoms with Crippen LogP contribution in [0.25, 0.3) is 0 Å². The van der Waals surface area contributed by atoms with Gasteiger partial charge in [-0.1, -0.05) is 17.7 Å². The minimum absolute atomic E-state index is 0.271. The molecule has 2 N–H and O–H groups in total. The van der Waals surface area contributed by atoms with Crippen molar-refractivity contribution >= 4 is 17.6 Å². The summed E-state index contributed by atoms with van der Waals surface area (Å²) in [6.07, 6.45) is -15.4. The van der Waals surface area contributed by atoms with Gasteiger partial charge in [0.05, 0.1) is 0 Å². The Morgan fingerprint density at radius 2 is 1.42 bits per heavy atom. The summed E-state index contributed by atoms with van der Waals surface area (Å²) in [5, 5.41) is 5.06. The van der Waals surface area contributed by atoms with Crippen molar-refractivity contribution in [1.29, 1.82) is 0 Å². The smallest absolute Gasteiger partial charge is 0.434 e. The van der Waals surface area contributed by atoms with E-state index in [1.807, 2.05) is 6.92 Å². The van der Waals surface area contributed by atoms with Gasteiger partial charge < -0.3 is 15.4 Å². The number of rotatable bonds is 5. The van der Waals surface area contributed by atoms with Crippen LogP contribution in [0.1, 0.15) is 5.56 Å². The van der Waals surface area contributed by atoms with Crippen LogP contribution in [0.3, 0.4) is 0 Å². The topological polar surface area (TPSA) is 72.0 Å². The number of aryl methyl sites for hydroxylation is 1. The molecule has 6 nitrogen and oxygen atoms in total. The van der Waals surface area contributed by atoms with Crippen molar-refractivity contribution in [3.63, 3.8) is 0 Å². The van der Waals surface area contributed by atoms with Gasteiger partial charge in [-0.3, -0.25) is 0 Å². The van der Waals surface area contributed by atoms with Gasteiger partial charge in [-0.05, 0) is 19.1 Å². The van der Waals surface area contributed by atoms with Crippen LogP contribution in [-0.2, 0) is 0 Å². The predicted molar refractivity (Wildman–Crippen MR) is 80.4 cm³/mol. The van der Waals surface area contributed by atoms with Crippen LogP contribution in [-0.4, -0.2) is 40.5 Å². The van der Waals surface area contributed by atoms with Gasteiger partial charge in [-0.15, -0.1) is 0 Å². The summed E-state index contributed by atoms with van der Waals surface area (Å²) in [5.74, 6) is -0.556. The molecule has 0 aliphatic rings. The van der Waals surface area contributed by atoms with E-state index in [0.29, 0.717) is 5.69 Å². The summed E-state index contributed by atoms with van der Waals surface area (Å²) in [6, 6.07) is 5.62. The van der Waals surface area contributed by atoms with Crippen LogP contribution < -0.4 is 15.4 Å². The molecule has 0 spiro atoms. The highest BCUT2D eigenvalue weighted by atomic mass is 19.4. The number of ether oxygens (including phenoxy) is 1. The van der Waals surface area contributed by atoms with E-state index >= 15 is 0 Å². The molecular weight excluding hydrogens is 368 g/mol. The maximum Gasteiger partial charge on any atom is 0.434 e. The average Bonchev–Trinajstić information content (AvgIpc) is 2.52. The standard InChI is InChI=1S/C14H13F6N5O/c1-7-3-5-8(6-4-7)22-11-23-10(21-2)24-12(25-11)26-9(13(15,16)17)14(18,19)20/h3-6,9H,1-2H3,(H2,21,22,23,24,25). The normalized spacial score (nSPS) is 12.2. The maximum absolute atomic E-state index is 12.6. The molecule has 1 aromatic heterocycles. The molecule has 1 aromatic carbocycles. The van der Waals surface area contributed by atoms with E-state index < -0.39 is 24.5 Å². The van der Waals surface area contributed by atoms with Crippen LogP contribution in [0.5, 0.6) is 6.01 Å². The van der Waals surface area contributed by atoms with Crippen molar-refractivity contribution in [3.05, 3.63) is 29.8 Å². The lowest BCUT2D eigenvalue weighted by atomic mass is 10.2. The lowest BCUT2D eigenvalue weighted by Crippen LogP contribution is -2.46. The van der Waals surface area contributed by atoms with E-state index in [4.69, 9.17) is 0 Å². The van der Waals surface area contributed by atoms with Crippen molar-refractivity contribution in [2.75, 3.05) is 17.7 Å². The highest BCUT2D eigenvalue weighted by Crippen LogP contribution is 2.36. The first-order valence-electron chi connectivity index (χ1n) is 7.06. The molecule has 0 saturated carbocycles. The van der Waals surface area contributed by atoms with Gasteiger partial charge in [0, 0.05) is 12.7 Å². The molecule has 0 unspecified atom stereocenters. The van der Waals surface area contributed by atoms with E-state index in [-0.39, 0.29) is 11.9 Å². The van der Waals surface area contributed by atoms with Crippen molar-refractivity contribution < 1.29 is 31.1 Å². The molecule has 0 saturated heterocycles. The number of nitrogens with zero attached hydrogens (tertiary/aromatic N) is 3. The summed E-state index contributed by atoms with van der Waals surface area (Å²) in [6.45, 7) is 1.84. The summed E-state index contributed by atoms with van der Waals surface area (Å²) in [5.41, 5.74) is 1.42. The van der Waals surface area contributed by atoms with Gasteiger partial charge in [0.2, 0.25) is 11.9 Å². The number of aromatic nitrogens is 3.